The van der Waals surface area contributed by atoms with Gasteiger partial charge in [0, 0.05) is 30.9 Å². The topological polar surface area (TPSA) is 35.5 Å². The Morgan fingerprint density at radius 2 is 2.00 bits per heavy atom. The highest BCUT2D eigenvalue weighted by Gasteiger charge is 2.26. The fourth-order valence-corrected chi connectivity index (χ4v) is 2.62. The zero-order valence-corrected chi connectivity index (χ0v) is 10.9. The van der Waals surface area contributed by atoms with E-state index in [1.54, 1.807) is 0 Å². The predicted octanol–water partition coefficient (Wildman–Crippen LogP) is 1.46. The van der Waals surface area contributed by atoms with Gasteiger partial charge in [-0.25, -0.2) is 0 Å². The fourth-order valence-electron chi connectivity index (χ4n) is 2.62. The third-order valence-electron chi connectivity index (χ3n) is 3.60. The minimum absolute atomic E-state index is 0.185. The van der Waals surface area contributed by atoms with Gasteiger partial charge in [-0.3, -0.25) is 0 Å². The molecule has 1 heterocycles. The first-order valence-electron chi connectivity index (χ1n) is 6.30. The molecule has 0 saturated carbocycles. The number of benzene rings is 1. The largest absolute Gasteiger partial charge is 0.395 e. The van der Waals surface area contributed by atoms with Crippen LogP contribution in [0.25, 0.3) is 0 Å². The summed E-state index contributed by atoms with van der Waals surface area (Å²) in [6, 6.07) is 7.07. The number of piperazine rings is 1. The van der Waals surface area contributed by atoms with Crippen molar-refractivity contribution in [1.82, 2.24) is 5.32 Å². The van der Waals surface area contributed by atoms with Crippen molar-refractivity contribution >= 4 is 5.69 Å². The molecule has 3 heteroatoms. The van der Waals surface area contributed by atoms with E-state index < -0.39 is 0 Å². The number of aliphatic hydroxyl groups is 1. The van der Waals surface area contributed by atoms with Crippen LogP contribution in [0.4, 0.5) is 5.69 Å². The van der Waals surface area contributed by atoms with E-state index in [0.717, 1.165) is 13.1 Å². The van der Waals surface area contributed by atoms with Crippen LogP contribution in [0.2, 0.25) is 0 Å². The van der Waals surface area contributed by atoms with Crippen LogP contribution in [0, 0.1) is 13.8 Å². The van der Waals surface area contributed by atoms with Gasteiger partial charge in [0.05, 0.1) is 6.61 Å². The lowest BCUT2D eigenvalue weighted by Crippen LogP contribution is -2.57. The molecular formula is C14H22N2O. The van der Waals surface area contributed by atoms with Gasteiger partial charge in [-0.1, -0.05) is 18.2 Å². The van der Waals surface area contributed by atoms with Crippen molar-refractivity contribution in [1.29, 1.82) is 0 Å². The van der Waals surface area contributed by atoms with Crippen LogP contribution >= 0.6 is 0 Å². The zero-order valence-electron chi connectivity index (χ0n) is 10.9. The van der Waals surface area contributed by atoms with Crippen molar-refractivity contribution in [2.75, 3.05) is 24.6 Å². The van der Waals surface area contributed by atoms with Crippen LogP contribution in [0.1, 0.15) is 18.1 Å². The Labute approximate surface area is 103 Å². The smallest absolute Gasteiger partial charge is 0.0601 e. The highest BCUT2D eigenvalue weighted by atomic mass is 16.3. The lowest BCUT2D eigenvalue weighted by Gasteiger charge is -2.41. The van der Waals surface area contributed by atoms with Gasteiger partial charge >= 0.3 is 0 Å². The molecule has 17 heavy (non-hydrogen) atoms. The molecule has 1 aromatic carbocycles. The molecule has 2 atom stereocenters. The molecule has 2 rings (SSSR count). The molecule has 1 aliphatic heterocycles. The summed E-state index contributed by atoms with van der Waals surface area (Å²) < 4.78 is 0. The molecule has 0 bridgehead atoms. The molecular weight excluding hydrogens is 212 g/mol. The van der Waals surface area contributed by atoms with Crippen molar-refractivity contribution in [3.63, 3.8) is 0 Å². The SMILES string of the molecule is Cc1cccc(C)c1N1CC(CO)NCC1C. The average Bonchev–Trinajstić information content (AvgIpc) is 2.31. The maximum absolute atomic E-state index is 9.29. The number of nitrogens with zero attached hydrogens (tertiary/aromatic N) is 1. The summed E-state index contributed by atoms with van der Waals surface area (Å²) >= 11 is 0. The first kappa shape index (κ1) is 12.4. The molecule has 3 nitrogen and oxygen atoms in total. The number of anilines is 1. The van der Waals surface area contributed by atoms with Gasteiger partial charge in [-0.15, -0.1) is 0 Å². The summed E-state index contributed by atoms with van der Waals surface area (Å²) in [6.45, 7) is 8.55. The number of aryl methyl sites for hydroxylation is 2. The molecule has 1 aliphatic rings. The Morgan fingerprint density at radius 1 is 1.35 bits per heavy atom. The van der Waals surface area contributed by atoms with E-state index in [1.807, 2.05) is 0 Å². The highest BCUT2D eigenvalue weighted by molar-refractivity contribution is 5.60. The number of para-hydroxylation sites is 1. The van der Waals surface area contributed by atoms with Crippen molar-refractivity contribution in [3.8, 4) is 0 Å². The molecule has 1 aromatic rings. The summed E-state index contributed by atoms with van der Waals surface area (Å²) in [7, 11) is 0. The number of hydrogen-bond donors (Lipinski definition) is 2. The van der Waals surface area contributed by atoms with E-state index in [1.165, 1.54) is 16.8 Å². The first-order valence-corrected chi connectivity index (χ1v) is 6.30. The molecule has 0 spiro atoms. The normalized spacial score (nSPS) is 25.1. The van der Waals surface area contributed by atoms with Gasteiger partial charge in [-0.05, 0) is 31.9 Å². The maximum atomic E-state index is 9.29. The summed E-state index contributed by atoms with van der Waals surface area (Å²) in [6.07, 6.45) is 0. The van der Waals surface area contributed by atoms with Crippen LogP contribution in [-0.2, 0) is 0 Å². The van der Waals surface area contributed by atoms with E-state index in [9.17, 15) is 5.11 Å². The molecule has 0 radical (unpaired) electrons. The number of hydrogen-bond acceptors (Lipinski definition) is 3. The summed E-state index contributed by atoms with van der Waals surface area (Å²) in [5.74, 6) is 0. The first-order chi connectivity index (χ1) is 8.13. The molecule has 0 aromatic heterocycles. The minimum Gasteiger partial charge on any atom is -0.395 e. The van der Waals surface area contributed by atoms with E-state index in [0.29, 0.717) is 6.04 Å². The van der Waals surface area contributed by atoms with Gasteiger partial charge in [0.15, 0.2) is 0 Å². The van der Waals surface area contributed by atoms with Crippen LogP contribution in [-0.4, -0.2) is 36.9 Å². The molecule has 0 aliphatic carbocycles. The van der Waals surface area contributed by atoms with E-state index in [4.69, 9.17) is 0 Å². The summed E-state index contributed by atoms with van der Waals surface area (Å²) in [5.41, 5.74) is 3.96. The van der Waals surface area contributed by atoms with Crippen molar-refractivity contribution in [3.05, 3.63) is 29.3 Å². The Morgan fingerprint density at radius 3 is 2.59 bits per heavy atom. The van der Waals surface area contributed by atoms with Crippen LogP contribution < -0.4 is 10.2 Å². The second kappa shape index (κ2) is 5.07. The van der Waals surface area contributed by atoms with E-state index in [2.05, 4.69) is 49.2 Å². The van der Waals surface area contributed by atoms with Gasteiger partial charge < -0.3 is 15.3 Å². The van der Waals surface area contributed by atoms with Gasteiger partial charge in [0.2, 0.25) is 0 Å². The van der Waals surface area contributed by atoms with Crippen LogP contribution in [0.15, 0.2) is 18.2 Å². The van der Waals surface area contributed by atoms with Gasteiger partial charge in [0.25, 0.3) is 0 Å². The lowest BCUT2D eigenvalue weighted by molar-refractivity contribution is 0.227. The number of nitrogens with one attached hydrogen (secondary N) is 1. The minimum atomic E-state index is 0.185. The number of rotatable bonds is 2. The zero-order chi connectivity index (χ0) is 12.4. The van der Waals surface area contributed by atoms with Crippen molar-refractivity contribution < 1.29 is 5.11 Å². The third-order valence-corrected chi connectivity index (χ3v) is 3.60. The van der Waals surface area contributed by atoms with Crippen molar-refractivity contribution in [2.24, 2.45) is 0 Å². The maximum Gasteiger partial charge on any atom is 0.0601 e. The molecule has 2 N–H and O–H groups in total. The van der Waals surface area contributed by atoms with Crippen molar-refractivity contribution in [2.45, 2.75) is 32.9 Å². The third kappa shape index (κ3) is 2.45. The Bertz CT molecular complexity index is 372. The molecule has 94 valence electrons. The standard InChI is InChI=1S/C14H22N2O/c1-10-5-4-6-11(2)14(10)16-8-13(9-17)15-7-12(16)3/h4-6,12-13,15,17H,7-9H2,1-3H3. The highest BCUT2D eigenvalue weighted by Crippen LogP contribution is 2.27. The van der Waals surface area contributed by atoms with E-state index in [-0.39, 0.29) is 12.6 Å². The Balaban J connectivity index is 2.30. The van der Waals surface area contributed by atoms with Gasteiger partial charge in [0.1, 0.15) is 0 Å². The Hall–Kier alpha value is -1.06. The quantitative estimate of drug-likeness (QED) is 0.813. The second-order valence-electron chi connectivity index (χ2n) is 5.03. The second-order valence-corrected chi connectivity index (χ2v) is 5.03. The molecule has 0 amide bonds. The van der Waals surface area contributed by atoms with Gasteiger partial charge in [-0.2, -0.15) is 0 Å². The Kier molecular flexibility index (Phi) is 3.69. The number of aliphatic hydroxyl groups excluding tert-OH is 1. The van der Waals surface area contributed by atoms with Crippen LogP contribution in [0.3, 0.4) is 0 Å². The molecule has 2 unspecified atom stereocenters. The summed E-state index contributed by atoms with van der Waals surface area (Å²) in [4.78, 5) is 2.42. The molecule has 1 saturated heterocycles. The lowest BCUT2D eigenvalue weighted by atomic mass is 10.0. The monoisotopic (exact) mass is 234 g/mol. The van der Waals surface area contributed by atoms with Crippen LogP contribution in [0.5, 0.6) is 0 Å². The summed E-state index contributed by atoms with van der Waals surface area (Å²) in [5, 5.41) is 12.7. The average molecular weight is 234 g/mol. The molecule has 1 fully saturated rings. The van der Waals surface area contributed by atoms with E-state index >= 15 is 0 Å². The fraction of sp³-hybridized carbons (Fsp3) is 0.571. The predicted molar refractivity (Wildman–Crippen MR) is 71.6 cm³/mol.